The topological polar surface area (TPSA) is 110 Å². The van der Waals surface area contributed by atoms with Gasteiger partial charge in [-0.05, 0) is 46.1 Å². The molecular weight excluding hydrogens is 352 g/mol. The third-order valence-electron chi connectivity index (χ3n) is 3.66. The molecule has 0 aromatic carbocycles. The largest absolute Gasteiger partial charge is 0.462 e. The van der Waals surface area contributed by atoms with Crippen LogP contribution in [0.1, 0.15) is 59.8 Å². The van der Waals surface area contributed by atoms with E-state index in [1.165, 1.54) is 0 Å². The molecule has 0 aromatic heterocycles. The smallest absolute Gasteiger partial charge is 0.344 e. The van der Waals surface area contributed by atoms with Gasteiger partial charge in [-0.2, -0.15) is 0 Å². The molecule has 0 unspecified atom stereocenters. The zero-order valence-electron chi connectivity index (χ0n) is 16.8. The molecule has 0 bridgehead atoms. The van der Waals surface area contributed by atoms with Gasteiger partial charge < -0.3 is 19.7 Å². The van der Waals surface area contributed by atoms with Crippen LogP contribution in [0.5, 0.6) is 0 Å². The minimum Gasteiger partial charge on any atom is -0.462 e. The molecule has 1 saturated carbocycles. The normalized spacial score (nSPS) is 14.3. The van der Waals surface area contributed by atoms with E-state index >= 15 is 0 Å². The van der Waals surface area contributed by atoms with E-state index in [1.807, 2.05) is 0 Å². The van der Waals surface area contributed by atoms with E-state index < -0.39 is 28.7 Å². The average Bonchev–Trinajstić information content (AvgIpc) is 2.88. The lowest BCUT2D eigenvalue weighted by Gasteiger charge is -2.17. The number of allylic oxidation sites excluding steroid dienone is 1. The van der Waals surface area contributed by atoms with E-state index in [0.717, 1.165) is 24.8 Å². The van der Waals surface area contributed by atoms with Crippen molar-refractivity contribution in [1.29, 1.82) is 0 Å². The monoisotopic (exact) mass is 384 g/mol. The summed E-state index contributed by atoms with van der Waals surface area (Å²) in [4.78, 5) is 33.4. The fourth-order valence-electron chi connectivity index (χ4n) is 1.82. The van der Waals surface area contributed by atoms with E-state index in [4.69, 9.17) is 9.47 Å². The first kappa shape index (κ1) is 25.0. The minimum absolute atomic E-state index is 0.0156. The number of carbonyl (C=O) groups is 3. The van der Waals surface area contributed by atoms with Gasteiger partial charge in [-0.1, -0.05) is 13.2 Å². The lowest BCUT2D eigenvalue weighted by molar-refractivity contribution is -0.148. The molecule has 1 fully saturated rings. The number of carbonyl (C=O) groups excluding carboxylic acids is 3. The maximum absolute atomic E-state index is 11.5. The molecule has 0 heterocycles. The van der Waals surface area contributed by atoms with Crippen LogP contribution in [0.25, 0.3) is 0 Å². The van der Waals surface area contributed by atoms with Gasteiger partial charge in [0.25, 0.3) is 0 Å². The van der Waals surface area contributed by atoms with E-state index in [-0.39, 0.29) is 31.8 Å². The Morgan fingerprint density at radius 2 is 1.37 bits per heavy atom. The molecule has 1 aliphatic carbocycles. The van der Waals surface area contributed by atoms with Crippen LogP contribution in [-0.4, -0.2) is 52.4 Å². The molecular formula is C20H32O7. The Bertz CT molecular complexity index is 514. The summed E-state index contributed by atoms with van der Waals surface area (Å²) in [6, 6.07) is 0. The quantitative estimate of drug-likeness (QED) is 0.286. The second-order valence-corrected chi connectivity index (χ2v) is 7.76. The molecule has 27 heavy (non-hydrogen) atoms. The third-order valence-corrected chi connectivity index (χ3v) is 3.66. The Morgan fingerprint density at radius 3 is 1.59 bits per heavy atom. The summed E-state index contributed by atoms with van der Waals surface area (Å²) in [5.41, 5.74) is -1.49. The minimum atomic E-state index is -0.950. The van der Waals surface area contributed by atoms with Gasteiger partial charge in [-0.25, -0.2) is 9.59 Å². The van der Waals surface area contributed by atoms with Crippen LogP contribution in [0.15, 0.2) is 24.3 Å². The molecule has 1 aliphatic rings. The van der Waals surface area contributed by atoms with E-state index in [1.54, 1.807) is 27.7 Å². The van der Waals surface area contributed by atoms with Crippen molar-refractivity contribution in [2.45, 2.75) is 71.0 Å². The number of hydrogen-bond acceptors (Lipinski definition) is 7. The summed E-state index contributed by atoms with van der Waals surface area (Å²) >= 11 is 0. The predicted molar refractivity (Wildman–Crippen MR) is 101 cm³/mol. The van der Waals surface area contributed by atoms with Crippen molar-refractivity contribution in [3.8, 4) is 0 Å². The van der Waals surface area contributed by atoms with Gasteiger partial charge in [-0.3, -0.25) is 4.79 Å². The van der Waals surface area contributed by atoms with Crippen molar-refractivity contribution in [1.82, 2.24) is 0 Å². The molecule has 0 aliphatic heterocycles. The molecule has 7 heteroatoms. The number of aliphatic hydroxyl groups is 2. The van der Waals surface area contributed by atoms with Crippen LogP contribution in [0.3, 0.4) is 0 Å². The predicted octanol–water partition coefficient (Wildman–Crippen LogP) is 2.25. The molecule has 1 rings (SSSR count). The number of esters is 2. The molecule has 0 amide bonds. The van der Waals surface area contributed by atoms with Gasteiger partial charge in [-0.15, -0.1) is 0 Å². The Morgan fingerprint density at radius 1 is 0.963 bits per heavy atom. The summed E-state index contributed by atoms with van der Waals surface area (Å²) in [5, 5.41) is 18.9. The fourth-order valence-corrected chi connectivity index (χ4v) is 1.82. The molecule has 0 saturated heterocycles. The molecule has 0 atom stereocenters. The maximum atomic E-state index is 11.5. The summed E-state index contributed by atoms with van der Waals surface area (Å²) in [7, 11) is 0. The van der Waals surface area contributed by atoms with Crippen LogP contribution >= 0.6 is 0 Å². The molecule has 0 radical (unpaired) electrons. The third kappa shape index (κ3) is 12.9. The van der Waals surface area contributed by atoms with Gasteiger partial charge in [0.2, 0.25) is 0 Å². The molecule has 2 N–H and O–H groups in total. The number of ether oxygens (including phenoxy) is 2. The SMILES string of the molecule is C=C(C(=O)OCCC(C)(C)O)C(=O)OCCC(C)(C)O.C=C1CCCC1=O. The van der Waals surface area contributed by atoms with E-state index in [9.17, 15) is 24.6 Å². The fraction of sp³-hybridized carbons (Fsp3) is 0.650. The second-order valence-electron chi connectivity index (χ2n) is 7.76. The Kier molecular flexibility index (Phi) is 10.2. The molecule has 0 spiro atoms. The van der Waals surface area contributed by atoms with E-state index in [2.05, 4.69) is 13.2 Å². The summed E-state index contributed by atoms with van der Waals surface area (Å²) in [6.07, 6.45) is 3.19. The van der Waals surface area contributed by atoms with Crippen molar-refractivity contribution in [3.63, 3.8) is 0 Å². The van der Waals surface area contributed by atoms with E-state index in [0.29, 0.717) is 0 Å². The van der Waals surface area contributed by atoms with Crippen molar-refractivity contribution >= 4 is 17.7 Å². The highest BCUT2D eigenvalue weighted by atomic mass is 16.6. The first-order chi connectivity index (χ1) is 12.2. The second kappa shape index (κ2) is 11.0. The van der Waals surface area contributed by atoms with Crippen molar-refractivity contribution < 1.29 is 34.1 Å². The molecule has 0 aromatic rings. The standard InChI is InChI=1S/C14H24O6.C6H8O/c1-10(11(15)19-8-6-13(2,3)17)12(16)20-9-7-14(4,5)18;1-5-3-2-4-6(5)7/h17-18H,1,6-9H2,2-5H3;1-4H2. The van der Waals surface area contributed by atoms with Gasteiger partial charge in [0.05, 0.1) is 24.4 Å². The Balaban J connectivity index is 0.000000797. The molecule has 154 valence electrons. The first-order valence-electron chi connectivity index (χ1n) is 8.92. The zero-order chi connectivity index (χ0) is 21.3. The van der Waals surface area contributed by atoms with Crippen molar-refractivity contribution in [2.24, 2.45) is 0 Å². The Hall–Kier alpha value is -1.99. The summed E-state index contributed by atoms with van der Waals surface area (Å²) in [5.74, 6) is -1.48. The number of ketones is 1. The van der Waals surface area contributed by atoms with Gasteiger partial charge >= 0.3 is 11.9 Å². The lowest BCUT2D eigenvalue weighted by Crippen LogP contribution is -2.25. The number of hydrogen-bond donors (Lipinski definition) is 2. The summed E-state index contributed by atoms with van der Waals surface area (Å²) in [6.45, 7) is 13.2. The first-order valence-corrected chi connectivity index (χ1v) is 8.92. The highest BCUT2D eigenvalue weighted by Gasteiger charge is 2.21. The van der Waals surface area contributed by atoms with Crippen LogP contribution in [0.2, 0.25) is 0 Å². The van der Waals surface area contributed by atoms with Crippen molar-refractivity contribution in [3.05, 3.63) is 24.3 Å². The Labute approximate surface area is 161 Å². The number of rotatable bonds is 8. The van der Waals surface area contributed by atoms with Gasteiger partial charge in [0.15, 0.2) is 5.78 Å². The lowest BCUT2D eigenvalue weighted by atomic mass is 10.1. The van der Waals surface area contributed by atoms with Crippen molar-refractivity contribution in [2.75, 3.05) is 13.2 Å². The van der Waals surface area contributed by atoms with Crippen LogP contribution in [0.4, 0.5) is 0 Å². The van der Waals surface area contributed by atoms with Crippen LogP contribution in [-0.2, 0) is 23.9 Å². The highest BCUT2D eigenvalue weighted by Crippen LogP contribution is 2.17. The van der Waals surface area contributed by atoms with Gasteiger partial charge in [0.1, 0.15) is 5.57 Å². The summed E-state index contributed by atoms with van der Waals surface area (Å²) < 4.78 is 9.60. The highest BCUT2D eigenvalue weighted by molar-refractivity contribution is 6.13. The molecule has 7 nitrogen and oxygen atoms in total. The van der Waals surface area contributed by atoms with Gasteiger partial charge in [0, 0.05) is 19.3 Å². The van der Waals surface area contributed by atoms with Crippen LogP contribution < -0.4 is 0 Å². The van der Waals surface area contributed by atoms with Crippen LogP contribution in [0, 0.1) is 0 Å². The average molecular weight is 384 g/mol. The number of Topliss-reactive ketones (excluding diaryl/α,β-unsaturated/α-hetero) is 1. The zero-order valence-corrected chi connectivity index (χ0v) is 16.8. The maximum Gasteiger partial charge on any atom is 0.344 e.